The maximum Gasteiger partial charge on any atom is 0.222 e. The standard InChI is InChI=1S/C10H9FN2O/c11-9-4-2-1-3-7(9)5-8-6-10(12)14-13-8/h1-4,6H,5,12H2. The highest BCUT2D eigenvalue weighted by Crippen LogP contribution is 2.13. The van der Waals surface area contributed by atoms with E-state index in [1.54, 1.807) is 24.3 Å². The third kappa shape index (κ3) is 1.74. The van der Waals surface area contributed by atoms with Crippen LogP contribution in [0.15, 0.2) is 34.9 Å². The first-order chi connectivity index (χ1) is 6.75. The molecule has 0 bridgehead atoms. The van der Waals surface area contributed by atoms with Crippen molar-refractivity contribution in [2.75, 3.05) is 5.73 Å². The lowest BCUT2D eigenvalue weighted by Gasteiger charge is -1.98. The van der Waals surface area contributed by atoms with E-state index in [0.717, 1.165) is 0 Å². The Morgan fingerprint density at radius 2 is 2.14 bits per heavy atom. The number of nitrogens with two attached hydrogens (primary N) is 1. The van der Waals surface area contributed by atoms with E-state index in [1.807, 2.05) is 0 Å². The molecule has 0 aliphatic heterocycles. The molecule has 14 heavy (non-hydrogen) atoms. The van der Waals surface area contributed by atoms with Crippen LogP contribution in [0.1, 0.15) is 11.3 Å². The Kier molecular flexibility index (Phi) is 2.18. The van der Waals surface area contributed by atoms with E-state index >= 15 is 0 Å². The van der Waals surface area contributed by atoms with Crippen molar-refractivity contribution in [1.29, 1.82) is 0 Å². The van der Waals surface area contributed by atoms with Gasteiger partial charge in [-0.05, 0) is 11.6 Å². The maximum absolute atomic E-state index is 13.2. The smallest absolute Gasteiger partial charge is 0.222 e. The summed E-state index contributed by atoms with van der Waals surface area (Å²) in [5.41, 5.74) is 6.56. The molecule has 0 aliphatic rings. The van der Waals surface area contributed by atoms with Crippen LogP contribution < -0.4 is 5.73 Å². The lowest BCUT2D eigenvalue weighted by Crippen LogP contribution is -1.91. The zero-order chi connectivity index (χ0) is 9.97. The summed E-state index contributed by atoms with van der Waals surface area (Å²) in [6.07, 6.45) is 0.396. The molecule has 0 unspecified atom stereocenters. The zero-order valence-electron chi connectivity index (χ0n) is 7.40. The molecule has 0 fully saturated rings. The van der Waals surface area contributed by atoms with E-state index in [1.165, 1.54) is 6.07 Å². The van der Waals surface area contributed by atoms with Gasteiger partial charge in [-0.1, -0.05) is 23.4 Å². The number of nitrogens with zero attached hydrogens (tertiary/aromatic N) is 1. The van der Waals surface area contributed by atoms with Crippen molar-refractivity contribution in [3.05, 3.63) is 47.4 Å². The summed E-state index contributed by atoms with van der Waals surface area (Å²) < 4.78 is 17.9. The van der Waals surface area contributed by atoms with Crippen LogP contribution in [0.25, 0.3) is 0 Å². The fourth-order valence-electron chi connectivity index (χ4n) is 1.25. The summed E-state index contributed by atoms with van der Waals surface area (Å²) in [5, 5.41) is 3.69. The SMILES string of the molecule is Nc1cc(Cc2ccccc2F)no1. The second-order valence-electron chi connectivity index (χ2n) is 2.99. The summed E-state index contributed by atoms with van der Waals surface area (Å²) >= 11 is 0. The second-order valence-corrected chi connectivity index (χ2v) is 2.99. The van der Waals surface area contributed by atoms with Gasteiger partial charge in [-0.2, -0.15) is 0 Å². The molecule has 1 aromatic carbocycles. The minimum Gasteiger partial charge on any atom is -0.368 e. The molecule has 72 valence electrons. The zero-order valence-corrected chi connectivity index (χ0v) is 7.40. The average molecular weight is 192 g/mol. The summed E-state index contributed by atoms with van der Waals surface area (Å²) in [4.78, 5) is 0. The predicted molar refractivity (Wildman–Crippen MR) is 50.1 cm³/mol. The van der Waals surface area contributed by atoms with Crippen molar-refractivity contribution in [2.45, 2.75) is 6.42 Å². The Labute approximate surface area is 80.3 Å². The number of aromatic nitrogens is 1. The molecule has 0 saturated heterocycles. The number of nitrogen functional groups attached to an aromatic ring is 1. The van der Waals surface area contributed by atoms with Gasteiger partial charge < -0.3 is 10.3 Å². The number of hydrogen-bond acceptors (Lipinski definition) is 3. The summed E-state index contributed by atoms with van der Waals surface area (Å²) in [6.45, 7) is 0. The lowest BCUT2D eigenvalue weighted by atomic mass is 10.1. The van der Waals surface area contributed by atoms with Gasteiger partial charge in [-0.25, -0.2) is 4.39 Å². The van der Waals surface area contributed by atoms with Crippen LogP contribution >= 0.6 is 0 Å². The molecule has 2 N–H and O–H groups in total. The third-order valence-electron chi connectivity index (χ3n) is 1.91. The summed E-state index contributed by atoms with van der Waals surface area (Å²) in [6, 6.07) is 8.14. The first kappa shape index (κ1) is 8.74. The van der Waals surface area contributed by atoms with E-state index in [9.17, 15) is 4.39 Å². The molecule has 2 rings (SSSR count). The fourth-order valence-corrected chi connectivity index (χ4v) is 1.25. The highest BCUT2D eigenvalue weighted by molar-refractivity contribution is 5.29. The van der Waals surface area contributed by atoms with E-state index in [-0.39, 0.29) is 11.7 Å². The number of rotatable bonds is 2. The second kappa shape index (κ2) is 3.49. The van der Waals surface area contributed by atoms with Crippen molar-refractivity contribution in [2.24, 2.45) is 0 Å². The first-order valence-electron chi connectivity index (χ1n) is 4.20. The van der Waals surface area contributed by atoms with Crippen molar-refractivity contribution >= 4 is 5.88 Å². The van der Waals surface area contributed by atoms with E-state index < -0.39 is 0 Å². The molecule has 1 aromatic heterocycles. The highest BCUT2D eigenvalue weighted by atomic mass is 19.1. The molecule has 0 radical (unpaired) electrons. The Balaban J connectivity index is 2.23. The van der Waals surface area contributed by atoms with Gasteiger partial charge in [-0.3, -0.25) is 0 Å². The van der Waals surface area contributed by atoms with Crippen molar-refractivity contribution < 1.29 is 8.91 Å². The van der Waals surface area contributed by atoms with Gasteiger partial charge in [0.05, 0.1) is 5.69 Å². The van der Waals surface area contributed by atoms with Crippen LogP contribution in [-0.2, 0) is 6.42 Å². The van der Waals surface area contributed by atoms with E-state index in [2.05, 4.69) is 9.68 Å². The minimum absolute atomic E-state index is 0.242. The monoisotopic (exact) mass is 192 g/mol. The number of halogens is 1. The Morgan fingerprint density at radius 1 is 1.36 bits per heavy atom. The topological polar surface area (TPSA) is 52.0 Å². The van der Waals surface area contributed by atoms with Crippen LogP contribution in [0.3, 0.4) is 0 Å². The van der Waals surface area contributed by atoms with Crippen LogP contribution in [0, 0.1) is 5.82 Å². The predicted octanol–water partition coefficient (Wildman–Crippen LogP) is 1.99. The van der Waals surface area contributed by atoms with Gasteiger partial charge >= 0.3 is 0 Å². The van der Waals surface area contributed by atoms with Crippen LogP contribution in [0.5, 0.6) is 0 Å². The third-order valence-corrected chi connectivity index (χ3v) is 1.91. The molecule has 3 nitrogen and oxygen atoms in total. The minimum atomic E-state index is -0.242. The quantitative estimate of drug-likeness (QED) is 0.791. The molecule has 1 heterocycles. The van der Waals surface area contributed by atoms with Gasteiger partial charge in [0.15, 0.2) is 0 Å². The molecule has 0 spiro atoms. The highest BCUT2D eigenvalue weighted by Gasteiger charge is 2.05. The Hall–Kier alpha value is -1.84. The van der Waals surface area contributed by atoms with Gasteiger partial charge in [0.2, 0.25) is 5.88 Å². The van der Waals surface area contributed by atoms with E-state index in [0.29, 0.717) is 17.7 Å². The molecule has 0 saturated carbocycles. The van der Waals surface area contributed by atoms with Gasteiger partial charge in [0.25, 0.3) is 0 Å². The van der Waals surface area contributed by atoms with Crippen molar-refractivity contribution in [3.8, 4) is 0 Å². The normalized spacial score (nSPS) is 10.4. The van der Waals surface area contributed by atoms with Gasteiger partial charge in [-0.15, -0.1) is 0 Å². The molecule has 2 aromatic rings. The molecular formula is C10H9FN2O. The number of benzene rings is 1. The van der Waals surface area contributed by atoms with Gasteiger partial charge in [0.1, 0.15) is 5.82 Å². The van der Waals surface area contributed by atoms with Crippen LogP contribution in [-0.4, -0.2) is 5.16 Å². The molecule has 0 amide bonds. The van der Waals surface area contributed by atoms with Crippen molar-refractivity contribution in [1.82, 2.24) is 5.16 Å². The molecule has 0 aliphatic carbocycles. The first-order valence-corrected chi connectivity index (χ1v) is 4.20. The van der Waals surface area contributed by atoms with E-state index in [4.69, 9.17) is 5.73 Å². The number of anilines is 1. The molecular weight excluding hydrogens is 183 g/mol. The number of hydrogen-bond donors (Lipinski definition) is 1. The average Bonchev–Trinajstić information content (AvgIpc) is 2.56. The van der Waals surface area contributed by atoms with Gasteiger partial charge in [0, 0.05) is 12.5 Å². The Bertz CT molecular complexity index is 439. The Morgan fingerprint density at radius 3 is 2.79 bits per heavy atom. The summed E-state index contributed by atoms with van der Waals surface area (Å²) in [5.74, 6) is 0.00501. The summed E-state index contributed by atoms with van der Waals surface area (Å²) in [7, 11) is 0. The van der Waals surface area contributed by atoms with Crippen LogP contribution in [0.2, 0.25) is 0 Å². The lowest BCUT2D eigenvalue weighted by molar-refractivity contribution is 0.429. The largest absolute Gasteiger partial charge is 0.368 e. The van der Waals surface area contributed by atoms with Crippen LogP contribution in [0.4, 0.5) is 10.3 Å². The molecule has 4 heteroatoms. The maximum atomic E-state index is 13.2. The fraction of sp³-hybridized carbons (Fsp3) is 0.100. The van der Waals surface area contributed by atoms with Crippen molar-refractivity contribution in [3.63, 3.8) is 0 Å². The molecule has 0 atom stereocenters.